The Morgan fingerprint density at radius 1 is 1.21 bits per heavy atom. The lowest BCUT2D eigenvalue weighted by Gasteiger charge is -2.08. The van der Waals surface area contributed by atoms with E-state index >= 15 is 0 Å². The van der Waals surface area contributed by atoms with Gasteiger partial charge in [-0.1, -0.05) is 24.6 Å². The molecule has 154 valence electrons. The molecule has 0 fully saturated rings. The molecule has 2 N–H and O–H groups in total. The fraction of sp³-hybridized carbons (Fsp3) is 0.176. The zero-order valence-corrected chi connectivity index (χ0v) is 16.6. The second-order valence-corrected chi connectivity index (χ2v) is 7.75. The summed E-state index contributed by atoms with van der Waals surface area (Å²) < 4.78 is 31.1. The van der Waals surface area contributed by atoms with Crippen molar-refractivity contribution in [3.05, 3.63) is 63.2 Å². The van der Waals surface area contributed by atoms with E-state index in [9.17, 15) is 28.1 Å². The number of hydrogen-bond donors (Lipinski definition) is 2. The zero-order chi connectivity index (χ0) is 21.6. The minimum atomic E-state index is -3.76. The standard InChI is InChI=1S/C17H16ClN3O7S/c1-2-19-29(26,27)13-5-3-4-11(8-13)17(23)28-10-16(22)20-12-6-7-14(18)15(9-12)21(24)25/h3-9,19H,2,10H2,1H3,(H,20,22). The van der Waals surface area contributed by atoms with Gasteiger partial charge >= 0.3 is 5.97 Å². The summed E-state index contributed by atoms with van der Waals surface area (Å²) in [6.07, 6.45) is 0. The summed E-state index contributed by atoms with van der Waals surface area (Å²) in [7, 11) is -3.76. The monoisotopic (exact) mass is 441 g/mol. The van der Waals surface area contributed by atoms with E-state index in [1.807, 2.05) is 0 Å². The van der Waals surface area contributed by atoms with E-state index in [2.05, 4.69) is 10.0 Å². The molecule has 0 heterocycles. The molecule has 2 rings (SSSR count). The highest BCUT2D eigenvalue weighted by Gasteiger charge is 2.18. The first-order valence-corrected chi connectivity index (χ1v) is 10.0. The van der Waals surface area contributed by atoms with E-state index in [0.29, 0.717) is 0 Å². The van der Waals surface area contributed by atoms with Crippen LogP contribution in [0.2, 0.25) is 5.02 Å². The van der Waals surface area contributed by atoms with Crippen LogP contribution in [-0.4, -0.2) is 38.4 Å². The molecule has 2 aromatic carbocycles. The largest absolute Gasteiger partial charge is 0.452 e. The number of nitrogens with zero attached hydrogens (tertiary/aromatic N) is 1. The van der Waals surface area contributed by atoms with E-state index in [1.165, 1.54) is 30.3 Å². The lowest BCUT2D eigenvalue weighted by molar-refractivity contribution is -0.384. The van der Waals surface area contributed by atoms with Gasteiger partial charge in [0.15, 0.2) is 6.61 Å². The summed E-state index contributed by atoms with van der Waals surface area (Å²) in [5.41, 5.74) is -0.347. The van der Waals surface area contributed by atoms with Crippen molar-refractivity contribution < 1.29 is 27.7 Å². The van der Waals surface area contributed by atoms with Crippen LogP contribution in [-0.2, 0) is 19.6 Å². The number of ether oxygens (including phenoxy) is 1. The molecular weight excluding hydrogens is 426 g/mol. The normalized spacial score (nSPS) is 11.0. The molecule has 0 aliphatic rings. The molecule has 2 aromatic rings. The fourth-order valence-corrected chi connectivity index (χ4v) is 3.48. The summed E-state index contributed by atoms with van der Waals surface area (Å²) in [6.45, 7) is 1.11. The molecule has 0 bridgehead atoms. The summed E-state index contributed by atoms with van der Waals surface area (Å²) in [4.78, 5) is 34.1. The van der Waals surface area contributed by atoms with E-state index in [0.717, 1.165) is 12.1 Å². The fourth-order valence-electron chi connectivity index (χ4n) is 2.21. The Kier molecular flexibility index (Phi) is 7.26. The Balaban J connectivity index is 2.02. The van der Waals surface area contributed by atoms with Crippen molar-refractivity contribution in [2.75, 3.05) is 18.5 Å². The summed E-state index contributed by atoms with van der Waals surface area (Å²) in [5.74, 6) is -1.65. The number of sulfonamides is 1. The molecule has 1 amide bonds. The van der Waals surface area contributed by atoms with E-state index < -0.39 is 33.4 Å². The number of halogens is 1. The third-order valence-electron chi connectivity index (χ3n) is 3.48. The number of anilines is 1. The summed E-state index contributed by atoms with van der Waals surface area (Å²) in [6, 6.07) is 8.82. The third kappa shape index (κ3) is 5.98. The van der Waals surface area contributed by atoms with Crippen molar-refractivity contribution in [1.29, 1.82) is 0 Å². The van der Waals surface area contributed by atoms with Gasteiger partial charge in [-0.25, -0.2) is 17.9 Å². The molecule has 0 radical (unpaired) electrons. The quantitative estimate of drug-likeness (QED) is 0.363. The van der Waals surface area contributed by atoms with Gasteiger partial charge in [-0.3, -0.25) is 14.9 Å². The predicted octanol–water partition coefficient (Wildman–Crippen LogP) is 2.34. The predicted molar refractivity (Wildman–Crippen MR) is 104 cm³/mol. The number of nitrogens with one attached hydrogen (secondary N) is 2. The molecule has 29 heavy (non-hydrogen) atoms. The highest BCUT2D eigenvalue weighted by atomic mass is 35.5. The van der Waals surface area contributed by atoms with Crippen LogP contribution in [0.3, 0.4) is 0 Å². The minimum Gasteiger partial charge on any atom is -0.452 e. The Morgan fingerprint density at radius 2 is 1.93 bits per heavy atom. The molecule has 12 heteroatoms. The maximum Gasteiger partial charge on any atom is 0.338 e. The number of esters is 1. The second kappa shape index (κ2) is 9.45. The Labute approximate surface area is 171 Å². The van der Waals surface area contributed by atoms with Gasteiger partial charge in [-0.2, -0.15) is 0 Å². The Morgan fingerprint density at radius 3 is 2.59 bits per heavy atom. The maximum atomic E-state index is 12.1. The molecule has 0 aliphatic heterocycles. The van der Waals surface area contributed by atoms with Gasteiger partial charge in [0, 0.05) is 18.3 Å². The first-order chi connectivity index (χ1) is 13.6. The number of hydrogen-bond acceptors (Lipinski definition) is 7. The van der Waals surface area contributed by atoms with Crippen LogP contribution in [0.1, 0.15) is 17.3 Å². The van der Waals surface area contributed by atoms with Crippen molar-refractivity contribution in [3.63, 3.8) is 0 Å². The average molecular weight is 442 g/mol. The van der Waals surface area contributed by atoms with Crippen LogP contribution in [0.15, 0.2) is 47.4 Å². The van der Waals surface area contributed by atoms with Crippen molar-refractivity contribution in [2.24, 2.45) is 0 Å². The van der Waals surface area contributed by atoms with Crippen LogP contribution >= 0.6 is 11.6 Å². The van der Waals surface area contributed by atoms with Crippen molar-refractivity contribution in [3.8, 4) is 0 Å². The van der Waals surface area contributed by atoms with E-state index in [4.69, 9.17) is 16.3 Å². The highest BCUT2D eigenvalue weighted by molar-refractivity contribution is 7.89. The number of nitro groups is 1. The molecule has 0 saturated carbocycles. The van der Waals surface area contributed by atoms with Gasteiger partial charge < -0.3 is 10.1 Å². The third-order valence-corrected chi connectivity index (χ3v) is 5.34. The van der Waals surface area contributed by atoms with Gasteiger partial charge in [0.25, 0.3) is 11.6 Å². The molecule has 0 saturated heterocycles. The van der Waals surface area contributed by atoms with Crippen LogP contribution in [0.5, 0.6) is 0 Å². The lowest BCUT2D eigenvalue weighted by atomic mass is 10.2. The molecule has 0 spiro atoms. The number of nitro benzene ring substituents is 1. The zero-order valence-electron chi connectivity index (χ0n) is 15.0. The highest BCUT2D eigenvalue weighted by Crippen LogP contribution is 2.27. The molecule has 0 aromatic heterocycles. The smallest absolute Gasteiger partial charge is 0.338 e. The molecule has 10 nitrogen and oxygen atoms in total. The van der Waals surface area contributed by atoms with Gasteiger partial charge in [-0.05, 0) is 30.3 Å². The molecule has 0 aliphatic carbocycles. The van der Waals surface area contributed by atoms with Crippen molar-refractivity contribution >= 4 is 44.9 Å². The van der Waals surface area contributed by atoms with Crippen LogP contribution in [0.25, 0.3) is 0 Å². The van der Waals surface area contributed by atoms with E-state index in [-0.39, 0.29) is 33.4 Å². The van der Waals surface area contributed by atoms with Gasteiger partial charge in [0.05, 0.1) is 15.4 Å². The van der Waals surface area contributed by atoms with Crippen LogP contribution in [0, 0.1) is 10.1 Å². The van der Waals surface area contributed by atoms with Gasteiger partial charge in [0.2, 0.25) is 10.0 Å². The first-order valence-electron chi connectivity index (χ1n) is 8.14. The van der Waals surface area contributed by atoms with Crippen LogP contribution in [0.4, 0.5) is 11.4 Å². The van der Waals surface area contributed by atoms with Crippen molar-refractivity contribution in [1.82, 2.24) is 4.72 Å². The van der Waals surface area contributed by atoms with E-state index in [1.54, 1.807) is 6.92 Å². The molecule has 0 unspecified atom stereocenters. The molecule has 0 atom stereocenters. The second-order valence-electron chi connectivity index (χ2n) is 5.58. The Bertz CT molecular complexity index is 1060. The topological polar surface area (TPSA) is 145 Å². The number of benzene rings is 2. The number of amides is 1. The number of carbonyl (C=O) groups is 2. The average Bonchev–Trinajstić information content (AvgIpc) is 2.67. The van der Waals surface area contributed by atoms with Crippen LogP contribution < -0.4 is 10.0 Å². The van der Waals surface area contributed by atoms with Gasteiger partial charge in [0.1, 0.15) is 5.02 Å². The number of carbonyl (C=O) groups excluding carboxylic acids is 2. The number of rotatable bonds is 8. The summed E-state index contributed by atoms with van der Waals surface area (Å²) in [5, 5.41) is 13.1. The van der Waals surface area contributed by atoms with Crippen molar-refractivity contribution in [2.45, 2.75) is 11.8 Å². The molecular formula is C17H16ClN3O7S. The first kappa shape index (κ1) is 22.3. The minimum absolute atomic E-state index is 0.0566. The van der Waals surface area contributed by atoms with Gasteiger partial charge in [-0.15, -0.1) is 0 Å². The Hall–Kier alpha value is -3.02. The lowest BCUT2D eigenvalue weighted by Crippen LogP contribution is -2.24. The SMILES string of the molecule is CCNS(=O)(=O)c1cccc(C(=O)OCC(=O)Nc2ccc(Cl)c([N+](=O)[O-])c2)c1. The maximum absolute atomic E-state index is 12.1. The summed E-state index contributed by atoms with van der Waals surface area (Å²) >= 11 is 5.69.